The van der Waals surface area contributed by atoms with Gasteiger partial charge in [0.05, 0.1) is 17.5 Å². The second-order valence-corrected chi connectivity index (χ2v) is 3.01. The van der Waals surface area contributed by atoms with Crippen LogP contribution in [0.15, 0.2) is 28.9 Å². The lowest BCUT2D eigenvalue weighted by Crippen LogP contribution is -1.97. The van der Waals surface area contributed by atoms with Crippen LogP contribution in [-0.2, 0) is 0 Å². The summed E-state index contributed by atoms with van der Waals surface area (Å²) in [5.41, 5.74) is 6.51. The van der Waals surface area contributed by atoms with Gasteiger partial charge in [0, 0.05) is 16.7 Å². The van der Waals surface area contributed by atoms with Gasteiger partial charge in [-0.2, -0.15) is 5.26 Å². The van der Waals surface area contributed by atoms with Gasteiger partial charge in [-0.25, -0.2) is 0 Å². The maximum atomic E-state index is 8.31. The summed E-state index contributed by atoms with van der Waals surface area (Å²) in [5.74, 6) is 0. The Morgan fingerprint density at radius 3 is 2.92 bits per heavy atom. The highest BCUT2D eigenvalue weighted by atomic mass is 79.9. The monoisotopic (exact) mass is 223 g/mol. The molecule has 0 atom stereocenters. The minimum Gasteiger partial charge on any atom is -0.396 e. The second-order valence-electron chi connectivity index (χ2n) is 2.09. The van der Waals surface area contributed by atoms with Gasteiger partial charge in [0.15, 0.2) is 0 Å². The molecular weight excluding hydrogens is 218 g/mol. The zero-order chi connectivity index (χ0) is 8.97. The lowest BCUT2D eigenvalue weighted by molar-refractivity contribution is 1.24. The molecule has 12 heavy (non-hydrogen) atoms. The number of hydrogen-bond donors (Lipinski definition) is 1. The van der Waals surface area contributed by atoms with Crippen LogP contribution >= 0.6 is 15.9 Å². The van der Waals surface area contributed by atoms with E-state index in [-0.39, 0.29) is 0 Å². The number of hydrogen-bond acceptors (Lipinski definition) is 3. The van der Waals surface area contributed by atoms with Gasteiger partial charge in [0.25, 0.3) is 0 Å². The molecule has 3 nitrogen and oxygen atoms in total. The second kappa shape index (κ2) is 3.88. The van der Waals surface area contributed by atoms with Crippen LogP contribution in [0.5, 0.6) is 0 Å². The summed E-state index contributed by atoms with van der Waals surface area (Å²) < 4.78 is 0.885. The topological polar surface area (TPSA) is 62.7 Å². The van der Waals surface area contributed by atoms with E-state index >= 15 is 0 Å². The number of aromatic nitrogens is 1. The maximum absolute atomic E-state index is 8.31. The minimum atomic E-state index is 0.380. The van der Waals surface area contributed by atoms with Crippen LogP contribution in [-0.4, -0.2) is 4.98 Å². The molecule has 0 aliphatic rings. The largest absolute Gasteiger partial charge is 0.396 e. The predicted molar refractivity (Wildman–Crippen MR) is 49.7 cm³/mol. The SMILES string of the molecule is N#CC=C(N)c1ccc(Br)cn1. The van der Waals surface area contributed by atoms with E-state index in [0.717, 1.165) is 4.47 Å². The van der Waals surface area contributed by atoms with E-state index in [4.69, 9.17) is 11.0 Å². The Morgan fingerprint density at radius 2 is 2.42 bits per heavy atom. The molecule has 1 heterocycles. The Labute approximate surface area is 78.7 Å². The molecule has 0 unspecified atom stereocenters. The number of halogens is 1. The molecule has 0 fully saturated rings. The van der Waals surface area contributed by atoms with Gasteiger partial charge in [-0.1, -0.05) is 0 Å². The minimum absolute atomic E-state index is 0.380. The Morgan fingerprint density at radius 1 is 1.67 bits per heavy atom. The fourth-order valence-electron chi connectivity index (χ4n) is 0.690. The van der Waals surface area contributed by atoms with Crippen molar-refractivity contribution in [2.24, 2.45) is 5.73 Å². The summed E-state index contributed by atoms with van der Waals surface area (Å²) in [6.07, 6.45) is 2.89. The van der Waals surface area contributed by atoms with Crippen molar-refractivity contribution in [1.29, 1.82) is 5.26 Å². The average molecular weight is 224 g/mol. The molecule has 0 radical (unpaired) electrons. The number of pyridine rings is 1. The molecule has 1 aromatic heterocycles. The molecule has 0 aromatic carbocycles. The predicted octanol–water partition coefficient (Wildman–Crippen LogP) is 1.67. The first-order chi connectivity index (χ1) is 5.74. The van der Waals surface area contributed by atoms with Crippen LogP contribution in [0.25, 0.3) is 5.70 Å². The van der Waals surface area contributed by atoms with Gasteiger partial charge >= 0.3 is 0 Å². The van der Waals surface area contributed by atoms with Crippen LogP contribution < -0.4 is 5.73 Å². The normalized spacial score (nSPS) is 10.8. The third-order valence-corrected chi connectivity index (χ3v) is 1.71. The number of nitrogens with two attached hydrogens (primary N) is 1. The van der Waals surface area contributed by atoms with E-state index in [9.17, 15) is 0 Å². The molecule has 0 aliphatic carbocycles. The number of rotatable bonds is 1. The third-order valence-electron chi connectivity index (χ3n) is 1.24. The molecule has 0 amide bonds. The highest BCUT2D eigenvalue weighted by Crippen LogP contribution is 2.10. The van der Waals surface area contributed by atoms with E-state index in [2.05, 4.69) is 20.9 Å². The first-order valence-corrected chi connectivity index (χ1v) is 4.00. The average Bonchev–Trinajstić information content (AvgIpc) is 2.06. The van der Waals surface area contributed by atoms with E-state index in [1.54, 1.807) is 12.3 Å². The summed E-state index contributed by atoms with van der Waals surface area (Å²) in [6, 6.07) is 5.40. The fourth-order valence-corrected chi connectivity index (χ4v) is 0.925. The maximum Gasteiger partial charge on any atom is 0.0934 e. The van der Waals surface area contributed by atoms with E-state index < -0.39 is 0 Å². The molecule has 0 saturated carbocycles. The molecule has 2 N–H and O–H groups in total. The van der Waals surface area contributed by atoms with Crippen molar-refractivity contribution in [3.8, 4) is 6.07 Å². The molecule has 0 spiro atoms. The zero-order valence-corrected chi connectivity index (χ0v) is 7.75. The first-order valence-electron chi connectivity index (χ1n) is 3.21. The van der Waals surface area contributed by atoms with E-state index in [1.165, 1.54) is 6.08 Å². The third kappa shape index (κ3) is 2.07. The number of nitrogens with zero attached hydrogens (tertiary/aromatic N) is 2. The van der Waals surface area contributed by atoms with Crippen molar-refractivity contribution in [3.05, 3.63) is 34.6 Å². The Bertz CT molecular complexity index is 334. The van der Waals surface area contributed by atoms with Gasteiger partial charge in [-0.3, -0.25) is 4.98 Å². The van der Waals surface area contributed by atoms with Crippen molar-refractivity contribution in [2.75, 3.05) is 0 Å². The standard InChI is InChI=1S/C8H6BrN3/c9-6-1-2-8(12-5-6)7(11)3-4-10/h1-3,5H,11H2. The summed E-state index contributed by atoms with van der Waals surface area (Å²) in [6.45, 7) is 0. The summed E-state index contributed by atoms with van der Waals surface area (Å²) in [7, 11) is 0. The van der Waals surface area contributed by atoms with Gasteiger partial charge in [0.1, 0.15) is 0 Å². The Balaban J connectivity index is 2.99. The molecule has 0 aliphatic heterocycles. The van der Waals surface area contributed by atoms with Crippen molar-refractivity contribution < 1.29 is 0 Å². The van der Waals surface area contributed by atoms with Gasteiger partial charge in [-0.05, 0) is 28.1 Å². The summed E-state index contributed by atoms with van der Waals surface area (Å²) >= 11 is 3.25. The highest BCUT2D eigenvalue weighted by molar-refractivity contribution is 9.10. The quantitative estimate of drug-likeness (QED) is 0.738. The number of nitriles is 1. The van der Waals surface area contributed by atoms with Crippen LogP contribution in [0.1, 0.15) is 5.69 Å². The lowest BCUT2D eigenvalue weighted by atomic mass is 10.3. The van der Waals surface area contributed by atoms with Crippen molar-refractivity contribution in [3.63, 3.8) is 0 Å². The van der Waals surface area contributed by atoms with E-state index in [1.807, 2.05) is 12.1 Å². The zero-order valence-electron chi connectivity index (χ0n) is 6.16. The fraction of sp³-hybridized carbons (Fsp3) is 0. The lowest BCUT2D eigenvalue weighted by Gasteiger charge is -1.97. The Hall–Kier alpha value is -1.34. The van der Waals surface area contributed by atoms with Crippen LogP contribution in [0, 0.1) is 11.3 Å². The summed E-state index contributed by atoms with van der Waals surface area (Å²) in [4.78, 5) is 4.01. The van der Waals surface area contributed by atoms with Crippen LogP contribution in [0.3, 0.4) is 0 Å². The smallest absolute Gasteiger partial charge is 0.0934 e. The molecule has 4 heteroatoms. The van der Waals surface area contributed by atoms with Crippen molar-refractivity contribution in [2.45, 2.75) is 0 Å². The van der Waals surface area contributed by atoms with Gasteiger partial charge in [0.2, 0.25) is 0 Å². The molecule has 0 saturated heterocycles. The van der Waals surface area contributed by atoms with Crippen LogP contribution in [0.2, 0.25) is 0 Å². The first kappa shape index (κ1) is 8.75. The molecule has 60 valence electrons. The Kier molecular flexibility index (Phi) is 2.83. The van der Waals surface area contributed by atoms with Gasteiger partial charge < -0.3 is 5.73 Å². The number of allylic oxidation sites excluding steroid dienone is 1. The van der Waals surface area contributed by atoms with Crippen LogP contribution in [0.4, 0.5) is 0 Å². The summed E-state index contributed by atoms with van der Waals surface area (Å²) in [5, 5.41) is 8.31. The molecule has 1 rings (SSSR count). The highest BCUT2D eigenvalue weighted by Gasteiger charge is 1.96. The van der Waals surface area contributed by atoms with E-state index in [0.29, 0.717) is 11.4 Å². The molecule has 1 aromatic rings. The van der Waals surface area contributed by atoms with Gasteiger partial charge in [-0.15, -0.1) is 0 Å². The van der Waals surface area contributed by atoms with Crippen molar-refractivity contribution in [1.82, 2.24) is 4.98 Å². The molecular formula is C8H6BrN3. The van der Waals surface area contributed by atoms with Crippen molar-refractivity contribution >= 4 is 21.6 Å². The molecule has 0 bridgehead atoms.